The Balaban J connectivity index is 4.69. The van der Waals surface area contributed by atoms with Gasteiger partial charge in [0.05, 0.1) is 14.2 Å². The molecule has 8 nitrogen and oxygen atoms in total. The van der Waals surface area contributed by atoms with Gasteiger partial charge in [0.25, 0.3) is 0 Å². The highest BCUT2D eigenvalue weighted by Gasteiger charge is 2.18. The summed E-state index contributed by atoms with van der Waals surface area (Å²) >= 11 is 0.864. The lowest BCUT2D eigenvalue weighted by atomic mass is 10.6. The number of hydrogen-bond acceptors (Lipinski definition) is 7. The van der Waals surface area contributed by atoms with Gasteiger partial charge in [-0.1, -0.05) is 11.8 Å². The molecule has 94 valence electrons. The molecule has 0 bridgehead atoms. The number of esters is 2. The van der Waals surface area contributed by atoms with E-state index in [2.05, 4.69) is 14.5 Å². The van der Waals surface area contributed by atoms with Crippen LogP contribution in [-0.2, 0) is 28.7 Å². The Labute approximate surface area is 101 Å². The molecule has 0 aromatic heterocycles. The number of ether oxygens (including phenoxy) is 2. The highest BCUT2D eigenvalue weighted by molar-refractivity contribution is 8.13. The van der Waals surface area contributed by atoms with Gasteiger partial charge in [0.1, 0.15) is 0 Å². The molecule has 0 unspecified atom stereocenters. The summed E-state index contributed by atoms with van der Waals surface area (Å²) in [5.74, 6) is -4.61. The molecule has 0 aromatic rings. The molecule has 0 saturated carbocycles. The molecule has 0 heterocycles. The Morgan fingerprint density at radius 1 is 1.06 bits per heavy atom. The molecular formula is C8H10N2O6S. The fourth-order valence-corrected chi connectivity index (χ4v) is 0.960. The minimum absolute atomic E-state index is 0.212. The zero-order valence-corrected chi connectivity index (χ0v) is 10.1. The van der Waals surface area contributed by atoms with E-state index in [1.54, 1.807) is 0 Å². The minimum Gasteiger partial charge on any atom is -0.462 e. The van der Waals surface area contributed by atoms with Crippen molar-refractivity contribution in [2.24, 2.45) is 4.99 Å². The Hall–Kier alpha value is -1.90. The monoisotopic (exact) mass is 262 g/mol. The first kappa shape index (κ1) is 15.1. The molecule has 0 fully saturated rings. The SMILES string of the molecule is COC(=O)C(=O)N=C(NC(=O)C(=O)OC)SC. The standard InChI is InChI=1S/C8H10N2O6S/c1-15-6(13)4(11)9-8(17-3)10-5(12)7(14)16-2/h1-3H3,(H,9,10,11,12). The van der Waals surface area contributed by atoms with Gasteiger partial charge in [0.15, 0.2) is 5.17 Å². The van der Waals surface area contributed by atoms with Crippen LogP contribution in [-0.4, -0.2) is 49.4 Å². The van der Waals surface area contributed by atoms with Crippen molar-refractivity contribution in [3.05, 3.63) is 0 Å². The summed E-state index contributed by atoms with van der Waals surface area (Å²) in [6.45, 7) is 0. The maximum absolute atomic E-state index is 11.1. The van der Waals surface area contributed by atoms with Gasteiger partial charge in [0, 0.05) is 0 Å². The number of carbonyl (C=O) groups excluding carboxylic acids is 4. The van der Waals surface area contributed by atoms with Crippen molar-refractivity contribution < 1.29 is 28.7 Å². The number of amidine groups is 1. The first-order chi connectivity index (χ1) is 7.96. The van der Waals surface area contributed by atoms with Crippen molar-refractivity contribution in [3.63, 3.8) is 0 Å². The second kappa shape index (κ2) is 7.39. The quantitative estimate of drug-likeness (QED) is 0.250. The molecule has 0 saturated heterocycles. The van der Waals surface area contributed by atoms with Crippen molar-refractivity contribution >= 4 is 40.7 Å². The van der Waals surface area contributed by atoms with Crippen LogP contribution in [0, 0.1) is 0 Å². The van der Waals surface area contributed by atoms with Gasteiger partial charge in [0.2, 0.25) is 0 Å². The lowest BCUT2D eigenvalue weighted by Gasteiger charge is -2.03. The lowest BCUT2D eigenvalue weighted by molar-refractivity contribution is -0.152. The van der Waals surface area contributed by atoms with Crippen molar-refractivity contribution in [1.29, 1.82) is 0 Å². The third kappa shape index (κ3) is 5.11. The van der Waals surface area contributed by atoms with E-state index in [0.29, 0.717) is 0 Å². The number of thioether (sulfide) groups is 1. The predicted molar refractivity (Wildman–Crippen MR) is 58.1 cm³/mol. The van der Waals surface area contributed by atoms with E-state index in [-0.39, 0.29) is 5.17 Å². The van der Waals surface area contributed by atoms with Crippen molar-refractivity contribution in [1.82, 2.24) is 5.32 Å². The number of aliphatic imine (C=N–C) groups is 1. The molecule has 0 aliphatic heterocycles. The van der Waals surface area contributed by atoms with Crippen LogP contribution in [0.25, 0.3) is 0 Å². The fraction of sp³-hybridized carbons (Fsp3) is 0.375. The summed E-state index contributed by atoms with van der Waals surface area (Å²) in [5, 5.41) is 1.79. The Kier molecular flexibility index (Phi) is 6.56. The van der Waals surface area contributed by atoms with E-state index in [1.807, 2.05) is 5.32 Å². The van der Waals surface area contributed by atoms with E-state index in [4.69, 9.17) is 0 Å². The lowest BCUT2D eigenvalue weighted by Crippen LogP contribution is -2.36. The second-order valence-electron chi connectivity index (χ2n) is 2.36. The number of hydrogen-bond donors (Lipinski definition) is 1. The molecule has 9 heteroatoms. The number of amides is 2. The summed E-state index contributed by atoms with van der Waals surface area (Å²) in [4.78, 5) is 46.8. The first-order valence-corrected chi connectivity index (χ1v) is 5.33. The molecule has 0 aromatic carbocycles. The number of nitrogens with one attached hydrogen (secondary N) is 1. The molecular weight excluding hydrogens is 252 g/mol. The molecule has 0 aliphatic rings. The Bertz CT molecular complexity index is 378. The van der Waals surface area contributed by atoms with E-state index < -0.39 is 23.8 Å². The molecule has 0 aliphatic carbocycles. The minimum atomic E-state index is -1.19. The van der Waals surface area contributed by atoms with E-state index in [9.17, 15) is 19.2 Å². The molecule has 0 rings (SSSR count). The first-order valence-electron chi connectivity index (χ1n) is 4.10. The van der Waals surface area contributed by atoms with E-state index >= 15 is 0 Å². The topological polar surface area (TPSA) is 111 Å². The average Bonchev–Trinajstić information content (AvgIpc) is 2.35. The highest BCUT2D eigenvalue weighted by Crippen LogP contribution is 1.96. The molecule has 0 atom stereocenters. The number of rotatable bonds is 0. The van der Waals surface area contributed by atoms with Gasteiger partial charge in [-0.3, -0.25) is 14.9 Å². The summed E-state index contributed by atoms with van der Waals surface area (Å²) in [6.07, 6.45) is 1.49. The second-order valence-corrected chi connectivity index (χ2v) is 3.16. The maximum Gasteiger partial charge on any atom is 0.399 e. The number of nitrogens with zero attached hydrogens (tertiary/aromatic N) is 1. The van der Waals surface area contributed by atoms with Crippen molar-refractivity contribution in [3.8, 4) is 0 Å². The maximum atomic E-state index is 11.1. The van der Waals surface area contributed by atoms with Crippen LogP contribution < -0.4 is 5.32 Å². The van der Waals surface area contributed by atoms with Crippen LogP contribution in [0.3, 0.4) is 0 Å². The highest BCUT2D eigenvalue weighted by atomic mass is 32.2. The van der Waals surface area contributed by atoms with Crippen LogP contribution in [0.15, 0.2) is 4.99 Å². The van der Waals surface area contributed by atoms with E-state index in [0.717, 1.165) is 26.0 Å². The van der Waals surface area contributed by atoms with E-state index in [1.165, 1.54) is 6.26 Å². The number of carbonyl (C=O) groups is 4. The Morgan fingerprint density at radius 3 is 2.00 bits per heavy atom. The summed E-state index contributed by atoms with van der Waals surface area (Å²) in [5.41, 5.74) is 0. The molecule has 1 N–H and O–H groups in total. The predicted octanol–water partition coefficient (Wildman–Crippen LogP) is -1.31. The van der Waals surface area contributed by atoms with Crippen LogP contribution >= 0.6 is 11.8 Å². The van der Waals surface area contributed by atoms with Crippen LogP contribution in [0.1, 0.15) is 0 Å². The zero-order valence-electron chi connectivity index (χ0n) is 9.30. The van der Waals surface area contributed by atoms with Crippen LogP contribution in [0.4, 0.5) is 0 Å². The van der Waals surface area contributed by atoms with Gasteiger partial charge in [-0.2, -0.15) is 4.99 Å². The third-order valence-corrected chi connectivity index (χ3v) is 1.93. The van der Waals surface area contributed by atoms with Crippen molar-refractivity contribution in [2.75, 3.05) is 20.5 Å². The Morgan fingerprint density at radius 2 is 1.59 bits per heavy atom. The normalized spacial score (nSPS) is 10.4. The summed E-state index contributed by atoms with van der Waals surface area (Å²) in [6, 6.07) is 0. The van der Waals surface area contributed by atoms with Crippen molar-refractivity contribution in [2.45, 2.75) is 0 Å². The summed E-state index contributed by atoms with van der Waals surface area (Å²) < 4.78 is 8.26. The van der Waals surface area contributed by atoms with Gasteiger partial charge in [-0.25, -0.2) is 9.59 Å². The fourth-order valence-electron chi connectivity index (χ4n) is 0.591. The van der Waals surface area contributed by atoms with Gasteiger partial charge in [-0.05, 0) is 6.26 Å². The average molecular weight is 262 g/mol. The molecule has 17 heavy (non-hydrogen) atoms. The van der Waals surface area contributed by atoms with Gasteiger partial charge >= 0.3 is 23.8 Å². The smallest absolute Gasteiger partial charge is 0.399 e. The van der Waals surface area contributed by atoms with Gasteiger partial charge in [-0.15, -0.1) is 0 Å². The largest absolute Gasteiger partial charge is 0.462 e. The van der Waals surface area contributed by atoms with Crippen LogP contribution in [0.2, 0.25) is 0 Å². The molecule has 0 spiro atoms. The number of methoxy groups -OCH3 is 2. The van der Waals surface area contributed by atoms with Gasteiger partial charge < -0.3 is 9.47 Å². The molecule has 2 amide bonds. The van der Waals surface area contributed by atoms with Crippen LogP contribution in [0.5, 0.6) is 0 Å². The molecule has 0 radical (unpaired) electrons. The summed E-state index contributed by atoms with van der Waals surface area (Å²) in [7, 11) is 2.04. The third-order valence-electron chi connectivity index (χ3n) is 1.35. The zero-order chi connectivity index (χ0) is 13.4.